The second-order valence-corrected chi connectivity index (χ2v) is 7.88. The van der Waals surface area contributed by atoms with Gasteiger partial charge in [-0.15, -0.1) is 0 Å². The number of anilines is 1. The van der Waals surface area contributed by atoms with Crippen LogP contribution in [0, 0.1) is 5.41 Å². The first kappa shape index (κ1) is 19.7. The van der Waals surface area contributed by atoms with Crippen LogP contribution in [0.25, 0.3) is 10.9 Å². The molecule has 2 aromatic carbocycles. The van der Waals surface area contributed by atoms with Crippen LogP contribution >= 0.6 is 0 Å². The average molecular weight is 400 g/mol. The van der Waals surface area contributed by atoms with E-state index in [9.17, 15) is 18.3 Å². The molecular weight excluding hydrogens is 377 g/mol. The van der Waals surface area contributed by atoms with E-state index in [0.29, 0.717) is 37.9 Å². The highest BCUT2D eigenvalue weighted by molar-refractivity contribution is 5.80. The van der Waals surface area contributed by atoms with E-state index in [2.05, 4.69) is 4.90 Å². The van der Waals surface area contributed by atoms with Gasteiger partial charge < -0.3 is 10.0 Å². The van der Waals surface area contributed by atoms with Gasteiger partial charge in [-0.3, -0.25) is 0 Å². The molecule has 1 aliphatic rings. The molecule has 1 saturated heterocycles. The Morgan fingerprint density at radius 3 is 2.45 bits per heavy atom. The Bertz CT molecular complexity index is 995. The number of para-hydroxylation sites is 1. The van der Waals surface area contributed by atoms with E-state index in [1.165, 1.54) is 12.1 Å². The van der Waals surface area contributed by atoms with Crippen LogP contribution in [0.2, 0.25) is 0 Å². The summed E-state index contributed by atoms with van der Waals surface area (Å²) in [5, 5.41) is 11.2. The number of hydrogen-bond acceptors (Lipinski definition) is 3. The predicted octanol–water partition coefficient (Wildman–Crippen LogP) is 5.08. The van der Waals surface area contributed by atoms with Gasteiger partial charge >= 0.3 is 6.18 Å². The van der Waals surface area contributed by atoms with Crippen molar-refractivity contribution in [3.05, 3.63) is 71.8 Å². The van der Waals surface area contributed by atoms with E-state index >= 15 is 0 Å². The van der Waals surface area contributed by atoms with Gasteiger partial charge in [-0.2, -0.15) is 13.2 Å². The fourth-order valence-electron chi connectivity index (χ4n) is 4.12. The molecule has 0 spiro atoms. The Hall–Kier alpha value is -2.60. The van der Waals surface area contributed by atoms with Gasteiger partial charge in [0.25, 0.3) is 0 Å². The third-order valence-corrected chi connectivity index (χ3v) is 5.90. The van der Waals surface area contributed by atoms with Crippen LogP contribution in [0.3, 0.4) is 0 Å². The highest BCUT2D eigenvalue weighted by Crippen LogP contribution is 2.37. The monoisotopic (exact) mass is 400 g/mol. The minimum atomic E-state index is -4.35. The van der Waals surface area contributed by atoms with Gasteiger partial charge in [-0.25, -0.2) is 4.98 Å². The molecule has 1 aromatic heterocycles. The van der Waals surface area contributed by atoms with Crippen molar-refractivity contribution >= 4 is 16.7 Å². The summed E-state index contributed by atoms with van der Waals surface area (Å²) < 4.78 is 39.0. The number of benzene rings is 2. The summed E-state index contributed by atoms with van der Waals surface area (Å²) in [5.74, 6) is 0.898. The van der Waals surface area contributed by atoms with Crippen LogP contribution in [0.1, 0.15) is 24.0 Å². The smallest absolute Gasteiger partial charge is 0.396 e. The van der Waals surface area contributed by atoms with Crippen molar-refractivity contribution in [1.29, 1.82) is 0 Å². The summed E-state index contributed by atoms with van der Waals surface area (Å²) in [6.45, 7) is 1.39. The molecule has 1 aliphatic heterocycles. The highest BCUT2D eigenvalue weighted by atomic mass is 19.4. The fourth-order valence-corrected chi connectivity index (χ4v) is 4.12. The molecule has 4 rings (SSSR count). The van der Waals surface area contributed by atoms with Gasteiger partial charge in [0.1, 0.15) is 5.82 Å². The number of aromatic nitrogens is 1. The number of aliphatic hydroxyl groups is 1. The number of piperidine rings is 1. The Morgan fingerprint density at radius 1 is 0.966 bits per heavy atom. The molecule has 0 radical (unpaired) electrons. The molecule has 1 fully saturated rings. The molecule has 0 amide bonds. The van der Waals surface area contributed by atoms with E-state index in [0.717, 1.165) is 22.8 Å². The maximum Gasteiger partial charge on any atom is 0.416 e. The molecule has 0 saturated carbocycles. The number of rotatable bonds is 4. The Kier molecular flexibility index (Phi) is 5.21. The van der Waals surface area contributed by atoms with Crippen molar-refractivity contribution in [2.24, 2.45) is 5.41 Å². The number of hydrogen-bond donors (Lipinski definition) is 1. The summed E-state index contributed by atoms with van der Waals surface area (Å²) in [6, 6.07) is 17.4. The first-order valence-corrected chi connectivity index (χ1v) is 9.76. The maximum atomic E-state index is 13.0. The van der Waals surface area contributed by atoms with E-state index in [-0.39, 0.29) is 6.61 Å². The van der Waals surface area contributed by atoms with Crippen molar-refractivity contribution < 1.29 is 18.3 Å². The lowest BCUT2D eigenvalue weighted by molar-refractivity contribution is -0.137. The maximum absolute atomic E-state index is 13.0. The van der Waals surface area contributed by atoms with Gasteiger partial charge in [0, 0.05) is 30.5 Å². The molecule has 3 aromatic rings. The zero-order valence-electron chi connectivity index (χ0n) is 16.0. The summed E-state index contributed by atoms with van der Waals surface area (Å²) >= 11 is 0. The normalized spacial score (nSPS) is 16.9. The van der Waals surface area contributed by atoms with Crippen molar-refractivity contribution in [2.75, 3.05) is 24.6 Å². The third kappa shape index (κ3) is 4.22. The van der Waals surface area contributed by atoms with Gasteiger partial charge in [-0.1, -0.05) is 36.4 Å². The number of aliphatic hydroxyl groups excluding tert-OH is 1. The quantitative estimate of drug-likeness (QED) is 0.664. The van der Waals surface area contributed by atoms with Gasteiger partial charge in [-0.05, 0) is 49.1 Å². The molecule has 152 valence electrons. The molecule has 29 heavy (non-hydrogen) atoms. The predicted molar refractivity (Wildman–Crippen MR) is 108 cm³/mol. The molecule has 1 N–H and O–H groups in total. The molecular formula is C23H23F3N2O. The lowest BCUT2D eigenvalue weighted by Crippen LogP contribution is -2.43. The molecule has 3 nitrogen and oxygen atoms in total. The van der Waals surface area contributed by atoms with Crippen LogP contribution in [-0.2, 0) is 12.6 Å². The van der Waals surface area contributed by atoms with Gasteiger partial charge in [0.15, 0.2) is 0 Å². The Balaban J connectivity index is 1.48. The second-order valence-electron chi connectivity index (χ2n) is 7.88. The SMILES string of the molecule is OCC1(Cc2cccc(C(F)(F)F)c2)CCN(c2ccc3ccccc3n2)CC1. The summed E-state index contributed by atoms with van der Waals surface area (Å²) in [4.78, 5) is 6.92. The zero-order valence-corrected chi connectivity index (χ0v) is 16.0. The molecule has 0 aliphatic carbocycles. The van der Waals surface area contributed by atoms with Gasteiger partial charge in [0.2, 0.25) is 0 Å². The van der Waals surface area contributed by atoms with Crippen molar-refractivity contribution in [1.82, 2.24) is 4.98 Å². The highest BCUT2D eigenvalue weighted by Gasteiger charge is 2.36. The molecule has 0 bridgehead atoms. The third-order valence-electron chi connectivity index (χ3n) is 5.90. The lowest BCUT2D eigenvalue weighted by Gasteiger charge is -2.41. The topological polar surface area (TPSA) is 36.4 Å². The largest absolute Gasteiger partial charge is 0.416 e. The fraction of sp³-hybridized carbons (Fsp3) is 0.348. The minimum absolute atomic E-state index is 0.0395. The van der Waals surface area contributed by atoms with E-state index in [1.807, 2.05) is 36.4 Å². The molecule has 6 heteroatoms. The van der Waals surface area contributed by atoms with Crippen LogP contribution in [0.15, 0.2) is 60.7 Å². The van der Waals surface area contributed by atoms with Crippen molar-refractivity contribution in [3.63, 3.8) is 0 Å². The molecule has 0 atom stereocenters. The van der Waals surface area contributed by atoms with Crippen LogP contribution in [0.5, 0.6) is 0 Å². The lowest BCUT2D eigenvalue weighted by atomic mass is 9.74. The van der Waals surface area contributed by atoms with E-state index < -0.39 is 17.2 Å². The van der Waals surface area contributed by atoms with Gasteiger partial charge in [0.05, 0.1) is 11.1 Å². The summed E-state index contributed by atoms with van der Waals surface area (Å²) in [7, 11) is 0. The zero-order chi connectivity index (χ0) is 20.5. The average Bonchev–Trinajstić information content (AvgIpc) is 2.73. The minimum Gasteiger partial charge on any atom is -0.396 e. The Labute approximate surface area is 167 Å². The van der Waals surface area contributed by atoms with Crippen LogP contribution < -0.4 is 4.90 Å². The number of nitrogens with zero attached hydrogens (tertiary/aromatic N) is 2. The van der Waals surface area contributed by atoms with Crippen LogP contribution in [0.4, 0.5) is 19.0 Å². The van der Waals surface area contributed by atoms with E-state index in [1.54, 1.807) is 6.07 Å². The summed E-state index contributed by atoms with van der Waals surface area (Å²) in [5.41, 5.74) is 0.511. The number of alkyl halides is 3. The van der Waals surface area contributed by atoms with Crippen molar-refractivity contribution in [3.8, 4) is 0 Å². The van der Waals surface area contributed by atoms with Crippen molar-refractivity contribution in [2.45, 2.75) is 25.4 Å². The second kappa shape index (κ2) is 7.67. The first-order chi connectivity index (χ1) is 13.9. The van der Waals surface area contributed by atoms with E-state index in [4.69, 9.17) is 4.98 Å². The van der Waals surface area contributed by atoms with Crippen LogP contribution in [-0.4, -0.2) is 29.8 Å². The number of fused-ring (bicyclic) bond motifs is 1. The molecule has 2 heterocycles. The molecule has 0 unspecified atom stereocenters. The number of pyridine rings is 1. The summed E-state index contributed by atoms with van der Waals surface area (Å²) in [6.07, 6.45) is -2.51. The number of halogens is 3. The first-order valence-electron chi connectivity index (χ1n) is 9.76. The Morgan fingerprint density at radius 2 is 1.72 bits per heavy atom. The standard InChI is InChI=1S/C23H23F3N2O/c24-23(25,26)19-6-3-4-17(14-19)15-22(16-29)10-12-28(13-11-22)21-9-8-18-5-1-2-7-20(18)27-21/h1-9,14,29H,10-13,15-16H2.